The van der Waals surface area contributed by atoms with E-state index in [2.05, 4.69) is 0 Å². The van der Waals surface area contributed by atoms with Crippen LogP contribution in [-0.4, -0.2) is 18.1 Å². The minimum absolute atomic E-state index is 0.00954. The third-order valence-corrected chi connectivity index (χ3v) is 3.72. The van der Waals surface area contributed by atoms with E-state index in [4.69, 9.17) is 0 Å². The van der Waals surface area contributed by atoms with Gasteiger partial charge in [-0.1, -0.05) is 17.7 Å². The molecule has 0 aliphatic rings. The Morgan fingerprint density at radius 1 is 1.24 bits per heavy atom. The Morgan fingerprint density at radius 3 is 2.57 bits per heavy atom. The number of nitro benzene ring substituents is 1. The largest absolute Gasteiger partial charge is 0.805 e. The zero-order chi connectivity index (χ0) is 15.6. The van der Waals surface area contributed by atoms with E-state index in [1.165, 1.54) is 18.2 Å². The maximum Gasteiger partial charge on any atom is 0.272 e. The molecule has 7 nitrogen and oxygen atoms in total. The van der Waals surface area contributed by atoms with Crippen molar-refractivity contribution in [1.29, 1.82) is 0 Å². The minimum Gasteiger partial charge on any atom is -0.805 e. The molecule has 8 heteroatoms. The number of rotatable bonds is 3. The van der Waals surface area contributed by atoms with E-state index in [9.17, 15) is 23.7 Å². The van der Waals surface area contributed by atoms with Crippen LogP contribution in [0.5, 0.6) is 0 Å². The number of nitro groups is 1. The highest BCUT2D eigenvalue weighted by atomic mass is 32.2. The number of aromatic nitrogens is 1. The second-order valence-electron chi connectivity index (χ2n) is 4.47. The zero-order valence-corrected chi connectivity index (χ0v) is 11.8. The molecule has 110 valence electrons. The lowest BCUT2D eigenvalue weighted by Crippen LogP contribution is -2.02. The summed E-state index contributed by atoms with van der Waals surface area (Å²) in [5, 5.41) is 22.6. The highest BCUT2D eigenvalue weighted by molar-refractivity contribution is 7.63. The number of hydrogen-bond donors (Lipinski definition) is 0. The van der Waals surface area contributed by atoms with Crippen LogP contribution in [0.3, 0.4) is 0 Å². The van der Waals surface area contributed by atoms with Crippen molar-refractivity contribution in [2.45, 2.75) is 13.3 Å². The van der Waals surface area contributed by atoms with E-state index >= 15 is 0 Å². The van der Waals surface area contributed by atoms with Gasteiger partial charge >= 0.3 is 0 Å². The number of nitrogens with zero attached hydrogens (tertiary/aromatic N) is 2. The highest BCUT2D eigenvalue weighted by Gasteiger charge is 2.14. The van der Waals surface area contributed by atoms with Crippen molar-refractivity contribution >= 4 is 16.0 Å². The molecule has 0 aliphatic heterocycles. The molecule has 0 bridgehead atoms. The summed E-state index contributed by atoms with van der Waals surface area (Å²) in [6.45, 7) is 1.78. The Balaban J connectivity index is 2.65. The third-order valence-electron chi connectivity index (χ3n) is 2.96. The molecule has 0 N–H and O–H groups in total. The van der Waals surface area contributed by atoms with Gasteiger partial charge in [0.1, 0.15) is 0 Å². The molecule has 21 heavy (non-hydrogen) atoms. The summed E-state index contributed by atoms with van der Waals surface area (Å²) in [4.78, 5) is 10.5. The van der Waals surface area contributed by atoms with Crippen molar-refractivity contribution in [3.8, 4) is 0 Å². The maximum absolute atomic E-state index is 11.5. The van der Waals surface area contributed by atoms with E-state index in [1.807, 2.05) is 0 Å². The van der Waals surface area contributed by atoms with E-state index in [-0.39, 0.29) is 22.4 Å². The Hall–Kier alpha value is -2.61. The van der Waals surface area contributed by atoms with Gasteiger partial charge in [-0.25, -0.2) is 0 Å². The molecule has 1 aromatic heterocycles. The Labute approximate surface area is 121 Å². The van der Waals surface area contributed by atoms with Crippen molar-refractivity contribution in [3.63, 3.8) is 0 Å². The fourth-order valence-electron chi connectivity index (χ4n) is 2.07. The van der Waals surface area contributed by atoms with Crippen LogP contribution in [0.4, 0.5) is 5.69 Å². The van der Waals surface area contributed by atoms with Gasteiger partial charge < -0.3 is 9.94 Å². The minimum atomic E-state index is -2.72. The van der Waals surface area contributed by atoms with Crippen molar-refractivity contribution in [2.24, 2.45) is 0 Å². The molecule has 2 rings (SSSR count). The van der Waals surface area contributed by atoms with Gasteiger partial charge in [-0.15, -0.1) is 0 Å². The van der Waals surface area contributed by atoms with Gasteiger partial charge in [-0.05, 0) is 30.8 Å². The quantitative estimate of drug-likeness (QED) is 0.490. The first-order valence-electron chi connectivity index (χ1n) is 5.94. The zero-order valence-electron chi connectivity index (χ0n) is 11.0. The number of hydrogen-bond acceptors (Lipinski definition) is 5. The van der Waals surface area contributed by atoms with Crippen LogP contribution in [0.2, 0.25) is 0 Å². The lowest BCUT2D eigenvalue weighted by molar-refractivity contribution is -0.385. The van der Waals surface area contributed by atoms with E-state index < -0.39 is 19.9 Å². The van der Waals surface area contributed by atoms with Gasteiger partial charge in [0, 0.05) is 18.1 Å². The molecule has 0 fully saturated rings. The Kier molecular flexibility index (Phi) is 4.08. The molecule has 0 aliphatic carbocycles. The second kappa shape index (κ2) is 5.80. The normalized spacial score (nSPS) is 10.3. The van der Waals surface area contributed by atoms with Crippen molar-refractivity contribution in [3.05, 3.63) is 73.2 Å². The standard InChI is InChI=1S/C13H11N2O5S/c1-9-4-5-12(15(17)18)11(7-9)8-10-3-2-6-14(16)13(10)21(19)20/h2-7H,8H2,1H3/q-1. The molecular weight excluding hydrogens is 296 g/mol. The van der Waals surface area contributed by atoms with Gasteiger partial charge in [0.15, 0.2) is 4.64 Å². The SMILES string of the molecule is Cc1ccc([N+](=O)[O-])c(Cc2cccn([O-])c2=S(=O)=O)c1. The monoisotopic (exact) mass is 307 g/mol. The summed E-state index contributed by atoms with van der Waals surface area (Å²) < 4.78 is 22.1. The summed E-state index contributed by atoms with van der Waals surface area (Å²) in [6.07, 6.45) is 1.06. The molecule has 1 aromatic carbocycles. The van der Waals surface area contributed by atoms with Crippen LogP contribution in [0.1, 0.15) is 16.7 Å². The number of aryl methyl sites for hydroxylation is 1. The van der Waals surface area contributed by atoms with E-state index in [0.717, 1.165) is 11.8 Å². The van der Waals surface area contributed by atoms with Crippen molar-refractivity contribution < 1.29 is 13.3 Å². The summed E-state index contributed by atoms with van der Waals surface area (Å²) >= 11 is 0. The molecular formula is C13H11N2O5S-. The van der Waals surface area contributed by atoms with Gasteiger partial charge in [0.05, 0.1) is 4.92 Å². The first-order chi connectivity index (χ1) is 9.90. The Morgan fingerprint density at radius 2 is 1.95 bits per heavy atom. The van der Waals surface area contributed by atoms with Crippen LogP contribution in [-0.2, 0) is 16.7 Å². The highest BCUT2D eigenvalue weighted by Crippen LogP contribution is 2.23. The van der Waals surface area contributed by atoms with Gasteiger partial charge in [-0.3, -0.25) is 10.1 Å². The average Bonchev–Trinajstić information content (AvgIpc) is 2.37. The van der Waals surface area contributed by atoms with E-state index in [0.29, 0.717) is 5.56 Å². The van der Waals surface area contributed by atoms with Crippen LogP contribution >= 0.6 is 0 Å². The molecule has 0 spiro atoms. The summed E-state index contributed by atoms with van der Waals surface area (Å²) in [5.41, 5.74) is 1.28. The lowest BCUT2D eigenvalue weighted by Gasteiger charge is -2.12. The van der Waals surface area contributed by atoms with Crippen LogP contribution in [0.15, 0.2) is 36.5 Å². The fraction of sp³-hybridized carbons (Fsp3) is 0.154. The molecule has 0 radical (unpaired) electrons. The van der Waals surface area contributed by atoms with Crippen LogP contribution in [0, 0.1) is 26.9 Å². The van der Waals surface area contributed by atoms with Crippen LogP contribution < -0.4 is 0 Å². The van der Waals surface area contributed by atoms with Crippen LogP contribution in [0.25, 0.3) is 0 Å². The first kappa shape index (κ1) is 14.8. The van der Waals surface area contributed by atoms with Crippen molar-refractivity contribution in [2.75, 3.05) is 0 Å². The molecule has 0 saturated heterocycles. The molecule has 0 unspecified atom stereocenters. The third kappa shape index (κ3) is 3.11. The van der Waals surface area contributed by atoms with Crippen molar-refractivity contribution in [1.82, 2.24) is 4.73 Å². The second-order valence-corrected chi connectivity index (χ2v) is 5.32. The predicted molar refractivity (Wildman–Crippen MR) is 76.0 cm³/mol. The number of pyridine rings is 1. The molecule has 0 amide bonds. The average molecular weight is 307 g/mol. The topological polar surface area (TPSA) is 105 Å². The molecule has 0 atom stereocenters. The molecule has 2 aromatic rings. The number of benzene rings is 1. The van der Waals surface area contributed by atoms with Gasteiger partial charge in [-0.2, -0.15) is 8.42 Å². The fourth-order valence-corrected chi connectivity index (χ4v) is 2.63. The summed E-state index contributed by atoms with van der Waals surface area (Å²) in [6, 6.07) is 7.45. The first-order valence-corrected chi connectivity index (χ1v) is 7.02. The maximum atomic E-state index is 11.5. The van der Waals surface area contributed by atoms with Gasteiger partial charge in [0.25, 0.3) is 5.69 Å². The summed E-state index contributed by atoms with van der Waals surface area (Å²) in [5.74, 6) is 0. The van der Waals surface area contributed by atoms with Gasteiger partial charge in [0.2, 0.25) is 10.3 Å². The molecule has 1 heterocycles. The Bertz CT molecular complexity index is 876. The smallest absolute Gasteiger partial charge is 0.272 e. The predicted octanol–water partition coefficient (Wildman–Crippen LogP) is 2.05. The summed E-state index contributed by atoms with van der Waals surface area (Å²) in [7, 11) is -2.72. The molecule has 0 saturated carbocycles. The van der Waals surface area contributed by atoms with E-state index in [1.54, 1.807) is 19.1 Å². The lowest BCUT2D eigenvalue weighted by atomic mass is 10.0.